The number of ketones is 1. The summed E-state index contributed by atoms with van der Waals surface area (Å²) in [5.74, 6) is 1.77. The third-order valence-electron chi connectivity index (χ3n) is 3.34. The molecule has 0 bridgehead atoms. The molecule has 0 unspecified atom stereocenters. The minimum Gasteiger partial charge on any atom is -0.508 e. The monoisotopic (exact) mass is 248 g/mol. The number of Topliss-reactive ketones (excluding diaryl/α,β-unsaturated/α-hetero) is 1. The maximum Gasteiger partial charge on any atom is 0.132 e. The van der Waals surface area contributed by atoms with E-state index in [0.29, 0.717) is 24.5 Å². The molecule has 2 rings (SSSR count). The molecule has 0 spiro atoms. The molecule has 1 aliphatic carbocycles. The summed E-state index contributed by atoms with van der Waals surface area (Å²) >= 11 is 0. The summed E-state index contributed by atoms with van der Waals surface area (Å²) in [6, 6.07) is 5.24. The van der Waals surface area contributed by atoms with E-state index in [9.17, 15) is 9.90 Å². The topological polar surface area (TPSA) is 46.5 Å². The zero-order chi connectivity index (χ0) is 13.1. The quantitative estimate of drug-likeness (QED) is 0.891. The first kappa shape index (κ1) is 12.9. The van der Waals surface area contributed by atoms with Crippen molar-refractivity contribution in [2.24, 2.45) is 0 Å². The minimum atomic E-state index is 0.110. The smallest absolute Gasteiger partial charge is 0.132 e. The lowest BCUT2D eigenvalue weighted by molar-refractivity contribution is -0.120. The van der Waals surface area contributed by atoms with Gasteiger partial charge in [0.15, 0.2) is 0 Å². The summed E-state index contributed by atoms with van der Waals surface area (Å²) < 4.78 is 5.78. The van der Waals surface area contributed by atoms with Crippen molar-refractivity contribution < 1.29 is 14.6 Å². The van der Waals surface area contributed by atoms with Crippen molar-refractivity contribution in [3.63, 3.8) is 0 Å². The second-order valence-corrected chi connectivity index (χ2v) is 5.20. The highest BCUT2D eigenvalue weighted by atomic mass is 16.5. The van der Waals surface area contributed by atoms with E-state index < -0.39 is 0 Å². The zero-order valence-electron chi connectivity index (χ0n) is 11.0. The van der Waals surface area contributed by atoms with Crippen molar-refractivity contribution in [2.75, 3.05) is 0 Å². The van der Waals surface area contributed by atoms with E-state index in [0.717, 1.165) is 24.2 Å². The van der Waals surface area contributed by atoms with Crippen molar-refractivity contribution in [3.8, 4) is 11.5 Å². The lowest BCUT2D eigenvalue weighted by Crippen LogP contribution is -2.15. The molecule has 0 aliphatic heterocycles. The Morgan fingerprint density at radius 2 is 1.94 bits per heavy atom. The first-order valence-electron chi connectivity index (χ1n) is 6.57. The fourth-order valence-electron chi connectivity index (χ4n) is 2.47. The molecule has 0 atom stereocenters. The molecular weight excluding hydrogens is 228 g/mol. The number of benzene rings is 1. The molecule has 18 heavy (non-hydrogen) atoms. The van der Waals surface area contributed by atoms with Crippen LogP contribution in [-0.4, -0.2) is 17.0 Å². The Morgan fingerprint density at radius 3 is 2.56 bits per heavy atom. The van der Waals surface area contributed by atoms with Crippen LogP contribution in [0.3, 0.4) is 0 Å². The highest BCUT2D eigenvalue weighted by Gasteiger charge is 2.23. The van der Waals surface area contributed by atoms with Crippen LogP contribution >= 0.6 is 0 Å². The highest BCUT2D eigenvalue weighted by molar-refractivity contribution is 5.79. The zero-order valence-corrected chi connectivity index (χ0v) is 11.0. The number of aromatic hydroxyl groups is 1. The Morgan fingerprint density at radius 1 is 1.28 bits per heavy atom. The Labute approximate surface area is 108 Å². The predicted octanol–water partition coefficient (Wildman–Crippen LogP) is 3.41. The number of phenolic OH excluding ortho intramolecular Hbond substituents is 1. The average Bonchev–Trinajstić information content (AvgIpc) is 2.32. The van der Waals surface area contributed by atoms with Gasteiger partial charge in [0, 0.05) is 18.4 Å². The van der Waals surface area contributed by atoms with Crippen LogP contribution in [0.25, 0.3) is 0 Å². The average molecular weight is 248 g/mol. The Kier molecular flexibility index (Phi) is 3.90. The number of rotatable bonds is 3. The Hall–Kier alpha value is -1.51. The van der Waals surface area contributed by atoms with E-state index in [-0.39, 0.29) is 11.9 Å². The van der Waals surface area contributed by atoms with Gasteiger partial charge in [-0.25, -0.2) is 0 Å². The van der Waals surface area contributed by atoms with Crippen molar-refractivity contribution >= 4 is 5.78 Å². The standard InChI is InChI=1S/C15H20O3/c1-10(2)18-15-8-7-13(17)9-14(15)11-3-5-12(16)6-4-11/h7-11,17H,3-6H2,1-2H3. The first-order chi connectivity index (χ1) is 8.56. The summed E-state index contributed by atoms with van der Waals surface area (Å²) in [6.45, 7) is 3.97. The third kappa shape index (κ3) is 3.03. The van der Waals surface area contributed by atoms with Crippen molar-refractivity contribution in [1.82, 2.24) is 0 Å². The van der Waals surface area contributed by atoms with Crippen LogP contribution in [0.15, 0.2) is 18.2 Å². The molecule has 0 radical (unpaired) electrons. The van der Waals surface area contributed by atoms with Crippen molar-refractivity contribution in [2.45, 2.75) is 51.6 Å². The summed E-state index contributed by atoms with van der Waals surface area (Å²) in [5.41, 5.74) is 1.04. The number of carbonyl (C=O) groups is 1. The summed E-state index contributed by atoms with van der Waals surface area (Å²) in [4.78, 5) is 11.3. The molecular formula is C15H20O3. The van der Waals surface area contributed by atoms with Gasteiger partial charge in [0.1, 0.15) is 17.3 Å². The number of carbonyl (C=O) groups excluding carboxylic acids is 1. The largest absolute Gasteiger partial charge is 0.508 e. The number of phenols is 1. The van der Waals surface area contributed by atoms with E-state index in [1.807, 2.05) is 19.9 Å². The van der Waals surface area contributed by atoms with Crippen LogP contribution in [0.5, 0.6) is 11.5 Å². The summed E-state index contributed by atoms with van der Waals surface area (Å²) in [5, 5.41) is 9.63. The summed E-state index contributed by atoms with van der Waals surface area (Å²) in [7, 11) is 0. The highest BCUT2D eigenvalue weighted by Crippen LogP contribution is 2.38. The molecule has 98 valence electrons. The molecule has 1 aromatic carbocycles. The Balaban J connectivity index is 2.24. The number of ether oxygens (including phenoxy) is 1. The van der Waals surface area contributed by atoms with E-state index >= 15 is 0 Å². The molecule has 0 aromatic heterocycles. The van der Waals surface area contributed by atoms with Gasteiger partial charge < -0.3 is 9.84 Å². The van der Waals surface area contributed by atoms with Gasteiger partial charge in [0.25, 0.3) is 0 Å². The third-order valence-corrected chi connectivity index (χ3v) is 3.34. The van der Waals surface area contributed by atoms with Gasteiger partial charge in [-0.1, -0.05) is 0 Å². The fraction of sp³-hybridized carbons (Fsp3) is 0.533. The Bertz CT molecular complexity index is 427. The second kappa shape index (κ2) is 5.42. The van der Waals surface area contributed by atoms with Gasteiger partial charge >= 0.3 is 0 Å². The predicted molar refractivity (Wildman–Crippen MR) is 70.1 cm³/mol. The minimum absolute atomic E-state index is 0.110. The lowest BCUT2D eigenvalue weighted by Gasteiger charge is -2.24. The second-order valence-electron chi connectivity index (χ2n) is 5.20. The normalized spacial score (nSPS) is 17.2. The van der Waals surface area contributed by atoms with Crippen LogP contribution in [0.4, 0.5) is 0 Å². The van der Waals surface area contributed by atoms with Crippen molar-refractivity contribution in [3.05, 3.63) is 23.8 Å². The molecule has 0 amide bonds. The van der Waals surface area contributed by atoms with Crippen LogP contribution < -0.4 is 4.74 Å². The molecule has 1 aromatic rings. The first-order valence-corrected chi connectivity index (χ1v) is 6.57. The number of hydrogen-bond acceptors (Lipinski definition) is 3. The van der Waals surface area contributed by atoms with Crippen LogP contribution in [-0.2, 0) is 4.79 Å². The van der Waals surface area contributed by atoms with Gasteiger partial charge in [-0.3, -0.25) is 4.79 Å². The van der Waals surface area contributed by atoms with Gasteiger partial charge in [-0.05, 0) is 50.8 Å². The lowest BCUT2D eigenvalue weighted by atomic mass is 9.83. The molecule has 1 aliphatic rings. The van der Waals surface area contributed by atoms with E-state index in [4.69, 9.17) is 4.74 Å². The maximum absolute atomic E-state index is 11.3. The van der Waals surface area contributed by atoms with Gasteiger partial charge in [0.05, 0.1) is 6.10 Å². The van der Waals surface area contributed by atoms with Crippen LogP contribution in [0, 0.1) is 0 Å². The fourth-order valence-corrected chi connectivity index (χ4v) is 2.47. The number of hydrogen-bond donors (Lipinski definition) is 1. The van der Waals surface area contributed by atoms with Gasteiger partial charge in [-0.2, -0.15) is 0 Å². The maximum atomic E-state index is 11.3. The van der Waals surface area contributed by atoms with Crippen LogP contribution in [0.2, 0.25) is 0 Å². The molecule has 1 saturated carbocycles. The molecule has 1 fully saturated rings. The van der Waals surface area contributed by atoms with Gasteiger partial charge in [0.2, 0.25) is 0 Å². The SMILES string of the molecule is CC(C)Oc1ccc(O)cc1C1CCC(=O)CC1. The van der Waals surface area contributed by atoms with Crippen molar-refractivity contribution in [1.29, 1.82) is 0 Å². The van der Waals surface area contributed by atoms with E-state index in [2.05, 4.69) is 0 Å². The molecule has 1 N–H and O–H groups in total. The van der Waals surface area contributed by atoms with Gasteiger partial charge in [-0.15, -0.1) is 0 Å². The molecule has 3 nitrogen and oxygen atoms in total. The van der Waals surface area contributed by atoms with E-state index in [1.165, 1.54) is 0 Å². The molecule has 3 heteroatoms. The molecule has 0 saturated heterocycles. The molecule has 0 heterocycles. The van der Waals surface area contributed by atoms with E-state index in [1.54, 1.807) is 12.1 Å². The summed E-state index contributed by atoms with van der Waals surface area (Å²) in [6.07, 6.45) is 3.11. The van der Waals surface area contributed by atoms with Crippen LogP contribution in [0.1, 0.15) is 51.0 Å².